The Morgan fingerprint density at radius 2 is 1.69 bits per heavy atom. The maximum atomic E-state index is 13.2. The molecule has 2 amide bonds. The molecular weight excluding hydrogens is 389 g/mol. The van der Waals surface area contributed by atoms with Gasteiger partial charge in [-0.25, -0.2) is 4.68 Å². The first kappa shape index (κ1) is 20.7. The fourth-order valence-corrected chi connectivity index (χ4v) is 3.31. The molecule has 0 aliphatic carbocycles. The minimum absolute atomic E-state index is 0.0628. The van der Waals surface area contributed by atoms with Gasteiger partial charge in [0.25, 0.3) is 0 Å². The van der Waals surface area contributed by atoms with Crippen molar-refractivity contribution in [2.45, 2.75) is 32.0 Å². The van der Waals surface area contributed by atoms with E-state index in [1.807, 2.05) is 30.3 Å². The predicted octanol–water partition coefficient (Wildman–Crippen LogP) is 1.39. The van der Waals surface area contributed by atoms with Crippen molar-refractivity contribution in [1.29, 1.82) is 0 Å². The maximum Gasteiger partial charge on any atom is 0.397 e. The molecule has 2 aromatic rings. The molecule has 1 aliphatic rings. The predicted molar refractivity (Wildman–Crippen MR) is 95.6 cm³/mol. The Morgan fingerprint density at radius 1 is 1.07 bits per heavy atom. The highest BCUT2D eigenvalue weighted by Crippen LogP contribution is 2.22. The fraction of sp³-hybridized carbons (Fsp3) is 0.500. The summed E-state index contributed by atoms with van der Waals surface area (Å²) in [6, 6.07) is 8.73. The van der Waals surface area contributed by atoms with Crippen molar-refractivity contribution in [2.24, 2.45) is 0 Å². The van der Waals surface area contributed by atoms with Gasteiger partial charge in [0.15, 0.2) is 0 Å². The Labute approximate surface area is 165 Å². The molecule has 1 aromatic heterocycles. The molecule has 11 heteroatoms. The molecule has 1 unspecified atom stereocenters. The highest BCUT2D eigenvalue weighted by atomic mass is 19.4. The Balaban J connectivity index is 1.69. The number of aryl methyl sites for hydroxylation is 1. The Kier molecular flexibility index (Phi) is 6.14. The molecule has 8 nitrogen and oxygen atoms in total. The van der Waals surface area contributed by atoms with E-state index in [9.17, 15) is 22.8 Å². The molecule has 2 heterocycles. The van der Waals surface area contributed by atoms with Crippen LogP contribution in [0.15, 0.2) is 30.3 Å². The summed E-state index contributed by atoms with van der Waals surface area (Å²) in [5.74, 6) is -0.716. The number of hydrogen-bond donors (Lipinski definition) is 0. The minimum Gasteiger partial charge on any atom is -0.339 e. The SMILES string of the molecule is Cc1nnnn1C(Cc1ccccc1)C(=O)N1CCN(C(=O)CC(F)(F)F)CC1. The van der Waals surface area contributed by atoms with Crippen molar-refractivity contribution >= 4 is 11.8 Å². The van der Waals surface area contributed by atoms with Crippen LogP contribution in [0.5, 0.6) is 0 Å². The lowest BCUT2D eigenvalue weighted by molar-refractivity contribution is -0.163. The number of carbonyl (C=O) groups is 2. The smallest absolute Gasteiger partial charge is 0.339 e. The highest BCUT2D eigenvalue weighted by molar-refractivity contribution is 5.81. The van der Waals surface area contributed by atoms with E-state index in [0.717, 1.165) is 10.5 Å². The van der Waals surface area contributed by atoms with Gasteiger partial charge in [0.05, 0.1) is 0 Å². The summed E-state index contributed by atoms with van der Waals surface area (Å²) in [5.41, 5.74) is 0.930. The second-order valence-corrected chi connectivity index (χ2v) is 6.87. The van der Waals surface area contributed by atoms with Crippen molar-refractivity contribution in [3.63, 3.8) is 0 Å². The molecule has 0 N–H and O–H groups in total. The number of benzene rings is 1. The van der Waals surface area contributed by atoms with Crippen molar-refractivity contribution in [2.75, 3.05) is 26.2 Å². The van der Waals surface area contributed by atoms with Crippen LogP contribution >= 0.6 is 0 Å². The van der Waals surface area contributed by atoms with Crippen LogP contribution in [0.2, 0.25) is 0 Å². The molecule has 1 aromatic carbocycles. The van der Waals surface area contributed by atoms with E-state index < -0.39 is 24.5 Å². The van der Waals surface area contributed by atoms with E-state index in [-0.39, 0.29) is 32.1 Å². The number of hydrogen-bond acceptors (Lipinski definition) is 5. The molecule has 0 saturated carbocycles. The number of carbonyl (C=O) groups excluding carboxylic acids is 2. The molecule has 0 bridgehead atoms. The minimum atomic E-state index is -4.54. The summed E-state index contributed by atoms with van der Waals surface area (Å²) in [6.45, 7) is 2.14. The van der Waals surface area contributed by atoms with Gasteiger partial charge in [0.1, 0.15) is 18.3 Å². The van der Waals surface area contributed by atoms with Crippen molar-refractivity contribution in [3.05, 3.63) is 41.7 Å². The lowest BCUT2D eigenvalue weighted by atomic mass is 10.0. The lowest BCUT2D eigenvalue weighted by Crippen LogP contribution is -2.53. The Hall–Kier alpha value is -2.98. The third kappa shape index (κ3) is 5.30. The molecule has 29 heavy (non-hydrogen) atoms. The number of nitrogens with zero attached hydrogens (tertiary/aromatic N) is 6. The zero-order chi connectivity index (χ0) is 21.0. The van der Waals surface area contributed by atoms with Crippen LogP contribution < -0.4 is 0 Å². The topological polar surface area (TPSA) is 84.2 Å². The van der Waals surface area contributed by atoms with E-state index in [4.69, 9.17) is 0 Å². The summed E-state index contributed by atoms with van der Waals surface area (Å²) in [7, 11) is 0. The largest absolute Gasteiger partial charge is 0.397 e. The summed E-state index contributed by atoms with van der Waals surface area (Å²) < 4.78 is 38.8. The molecule has 1 fully saturated rings. The third-order valence-corrected chi connectivity index (χ3v) is 4.81. The summed E-state index contributed by atoms with van der Waals surface area (Å²) in [5, 5.41) is 11.4. The van der Waals surface area contributed by atoms with Crippen LogP contribution in [0, 0.1) is 6.92 Å². The van der Waals surface area contributed by atoms with Gasteiger partial charge in [0.2, 0.25) is 11.8 Å². The van der Waals surface area contributed by atoms with Gasteiger partial charge in [-0.15, -0.1) is 5.10 Å². The van der Waals surface area contributed by atoms with E-state index in [0.29, 0.717) is 12.2 Å². The molecule has 1 atom stereocenters. The van der Waals surface area contributed by atoms with E-state index in [1.165, 1.54) is 4.68 Å². The summed E-state index contributed by atoms with van der Waals surface area (Å²) >= 11 is 0. The first-order valence-electron chi connectivity index (χ1n) is 9.16. The normalized spacial score (nSPS) is 16.0. The van der Waals surface area contributed by atoms with Crippen LogP contribution in [0.25, 0.3) is 0 Å². The fourth-order valence-electron chi connectivity index (χ4n) is 3.31. The quantitative estimate of drug-likeness (QED) is 0.744. The Morgan fingerprint density at radius 3 is 2.24 bits per heavy atom. The average molecular weight is 410 g/mol. The number of rotatable bonds is 5. The molecule has 156 valence electrons. The summed E-state index contributed by atoms with van der Waals surface area (Å²) in [6.07, 6.45) is -5.65. The van der Waals surface area contributed by atoms with Gasteiger partial charge < -0.3 is 9.80 Å². The number of halogens is 3. The number of aromatic nitrogens is 4. The molecular formula is C18H21F3N6O2. The van der Waals surface area contributed by atoms with Gasteiger partial charge >= 0.3 is 6.18 Å². The Bertz CT molecular complexity index is 847. The number of tetrazole rings is 1. The average Bonchev–Trinajstić information content (AvgIpc) is 3.11. The molecule has 0 spiro atoms. The molecule has 1 aliphatic heterocycles. The zero-order valence-electron chi connectivity index (χ0n) is 15.8. The lowest BCUT2D eigenvalue weighted by Gasteiger charge is -2.36. The van der Waals surface area contributed by atoms with Gasteiger partial charge in [-0.05, 0) is 22.9 Å². The maximum absolute atomic E-state index is 13.2. The summed E-state index contributed by atoms with van der Waals surface area (Å²) in [4.78, 5) is 27.6. The van der Waals surface area contributed by atoms with Gasteiger partial charge in [0, 0.05) is 32.6 Å². The third-order valence-electron chi connectivity index (χ3n) is 4.81. The second-order valence-electron chi connectivity index (χ2n) is 6.87. The number of alkyl halides is 3. The van der Waals surface area contributed by atoms with Gasteiger partial charge in [-0.1, -0.05) is 30.3 Å². The zero-order valence-corrected chi connectivity index (χ0v) is 15.8. The molecule has 1 saturated heterocycles. The number of piperazine rings is 1. The number of amides is 2. The van der Waals surface area contributed by atoms with E-state index in [2.05, 4.69) is 15.5 Å². The molecule has 3 rings (SSSR count). The van der Waals surface area contributed by atoms with Crippen LogP contribution in [-0.4, -0.2) is 74.2 Å². The van der Waals surface area contributed by atoms with Crippen molar-refractivity contribution in [1.82, 2.24) is 30.0 Å². The van der Waals surface area contributed by atoms with Crippen LogP contribution in [-0.2, 0) is 16.0 Å². The second kappa shape index (κ2) is 8.58. The monoisotopic (exact) mass is 410 g/mol. The molecule has 0 radical (unpaired) electrons. The van der Waals surface area contributed by atoms with Gasteiger partial charge in [-0.3, -0.25) is 9.59 Å². The van der Waals surface area contributed by atoms with Crippen molar-refractivity contribution in [3.8, 4) is 0 Å². The van der Waals surface area contributed by atoms with Crippen LogP contribution in [0.1, 0.15) is 23.9 Å². The first-order chi connectivity index (χ1) is 13.7. The van der Waals surface area contributed by atoms with Crippen molar-refractivity contribution < 1.29 is 22.8 Å². The first-order valence-corrected chi connectivity index (χ1v) is 9.16. The van der Waals surface area contributed by atoms with Crippen LogP contribution in [0.3, 0.4) is 0 Å². The van der Waals surface area contributed by atoms with E-state index >= 15 is 0 Å². The van der Waals surface area contributed by atoms with E-state index in [1.54, 1.807) is 11.8 Å². The van der Waals surface area contributed by atoms with Crippen LogP contribution in [0.4, 0.5) is 13.2 Å². The van der Waals surface area contributed by atoms with Gasteiger partial charge in [-0.2, -0.15) is 13.2 Å². The highest BCUT2D eigenvalue weighted by Gasteiger charge is 2.36. The standard InChI is InChI=1S/C18H21F3N6O2/c1-13-22-23-24-27(13)15(11-14-5-3-2-4-6-14)17(29)26-9-7-25(8-10-26)16(28)12-18(19,20)21/h2-6,15H,7-12H2,1H3.